The van der Waals surface area contributed by atoms with E-state index in [1.807, 2.05) is 43.3 Å². The Morgan fingerprint density at radius 3 is 2.47 bits per heavy atom. The van der Waals surface area contributed by atoms with Gasteiger partial charge in [0, 0.05) is 17.3 Å². The summed E-state index contributed by atoms with van der Waals surface area (Å²) in [7, 11) is 1.53. The van der Waals surface area contributed by atoms with Gasteiger partial charge in [0.1, 0.15) is 12.1 Å². The van der Waals surface area contributed by atoms with Crippen LogP contribution in [0.1, 0.15) is 5.56 Å². The summed E-state index contributed by atoms with van der Waals surface area (Å²) in [6.07, 6.45) is 2.96. The second-order valence-electron chi connectivity index (χ2n) is 6.51. The van der Waals surface area contributed by atoms with Gasteiger partial charge < -0.3 is 15.4 Å². The van der Waals surface area contributed by atoms with Crippen molar-refractivity contribution in [1.82, 2.24) is 15.0 Å². The summed E-state index contributed by atoms with van der Waals surface area (Å²) in [5, 5.41) is 18.8. The average Bonchev–Trinajstić information content (AvgIpc) is 2.74. The third-order valence-electron chi connectivity index (χ3n) is 4.51. The van der Waals surface area contributed by atoms with Gasteiger partial charge in [-0.2, -0.15) is 0 Å². The second-order valence-corrected chi connectivity index (χ2v) is 6.51. The summed E-state index contributed by atoms with van der Waals surface area (Å²) in [5.41, 5.74) is 2.68. The molecule has 0 unspecified atom stereocenters. The van der Waals surface area contributed by atoms with Gasteiger partial charge in [-0.15, -0.1) is 0 Å². The highest BCUT2D eigenvalue weighted by molar-refractivity contribution is 5.94. The molecular weight excluding hydrogens is 384 g/mol. The van der Waals surface area contributed by atoms with E-state index < -0.39 is 4.92 Å². The summed E-state index contributed by atoms with van der Waals surface area (Å²) >= 11 is 0. The number of hydrogen-bond donors (Lipinski definition) is 2. The number of anilines is 4. The number of hydrogen-bond acceptors (Lipinski definition) is 8. The smallest absolute Gasteiger partial charge is 0.353 e. The predicted octanol–water partition coefficient (Wildman–Crippen LogP) is 4.74. The van der Waals surface area contributed by atoms with Crippen molar-refractivity contribution in [2.75, 3.05) is 17.7 Å². The second kappa shape index (κ2) is 8.00. The molecule has 0 saturated heterocycles. The van der Waals surface area contributed by atoms with E-state index in [4.69, 9.17) is 4.74 Å². The predicted molar refractivity (Wildman–Crippen MR) is 115 cm³/mol. The lowest BCUT2D eigenvalue weighted by Gasteiger charge is -2.13. The van der Waals surface area contributed by atoms with Crippen molar-refractivity contribution in [3.63, 3.8) is 0 Å². The minimum atomic E-state index is -0.518. The largest absolute Gasteiger partial charge is 0.495 e. The summed E-state index contributed by atoms with van der Waals surface area (Å²) in [5.74, 6) is 0.670. The van der Waals surface area contributed by atoms with Crippen LogP contribution in [-0.4, -0.2) is 27.0 Å². The molecule has 2 aromatic heterocycles. The Hall–Kier alpha value is -4.27. The topological polar surface area (TPSA) is 115 Å². The molecule has 30 heavy (non-hydrogen) atoms. The van der Waals surface area contributed by atoms with Gasteiger partial charge in [-0.25, -0.2) is 9.97 Å². The van der Waals surface area contributed by atoms with Crippen molar-refractivity contribution in [3.8, 4) is 5.75 Å². The van der Waals surface area contributed by atoms with Crippen molar-refractivity contribution in [3.05, 3.63) is 76.7 Å². The Labute approximate surface area is 171 Å². The van der Waals surface area contributed by atoms with Crippen LogP contribution >= 0.6 is 0 Å². The molecule has 9 heteroatoms. The lowest BCUT2D eigenvalue weighted by molar-refractivity contribution is -0.383. The maximum absolute atomic E-state index is 11.9. The van der Waals surface area contributed by atoms with Crippen LogP contribution in [0.3, 0.4) is 0 Å². The molecule has 0 amide bonds. The Morgan fingerprint density at radius 1 is 0.967 bits per heavy atom. The molecule has 0 saturated carbocycles. The molecule has 0 aliphatic heterocycles. The van der Waals surface area contributed by atoms with Gasteiger partial charge >= 0.3 is 5.69 Å². The normalized spacial score (nSPS) is 10.6. The lowest BCUT2D eigenvalue weighted by atomic mass is 10.2. The maximum Gasteiger partial charge on any atom is 0.353 e. The van der Waals surface area contributed by atoms with Crippen molar-refractivity contribution in [2.45, 2.75) is 6.92 Å². The highest BCUT2D eigenvalue weighted by Crippen LogP contribution is 2.36. The first-order chi connectivity index (χ1) is 14.6. The van der Waals surface area contributed by atoms with Gasteiger partial charge in [0.15, 0.2) is 0 Å². The highest BCUT2D eigenvalue weighted by Gasteiger charge is 2.24. The molecule has 9 nitrogen and oxygen atoms in total. The number of fused-ring (bicyclic) bond motifs is 1. The number of nitrogens with zero attached hydrogens (tertiary/aromatic N) is 4. The van der Waals surface area contributed by atoms with Crippen LogP contribution in [0.15, 0.2) is 61.1 Å². The van der Waals surface area contributed by atoms with E-state index in [0.29, 0.717) is 17.1 Å². The van der Waals surface area contributed by atoms with Crippen molar-refractivity contribution in [1.29, 1.82) is 0 Å². The van der Waals surface area contributed by atoms with Crippen LogP contribution in [-0.2, 0) is 0 Å². The van der Waals surface area contributed by atoms with E-state index in [1.54, 1.807) is 18.3 Å². The average molecular weight is 402 g/mol. The van der Waals surface area contributed by atoms with Crippen LogP contribution in [0.25, 0.3) is 10.9 Å². The minimum Gasteiger partial charge on any atom is -0.495 e. The van der Waals surface area contributed by atoms with Gasteiger partial charge in [-0.3, -0.25) is 15.1 Å². The van der Waals surface area contributed by atoms with E-state index in [0.717, 1.165) is 16.5 Å². The quantitative estimate of drug-likeness (QED) is 0.351. The van der Waals surface area contributed by atoms with Gasteiger partial charge in [0.05, 0.1) is 23.2 Å². The first-order valence-corrected chi connectivity index (χ1v) is 9.08. The van der Waals surface area contributed by atoms with Crippen molar-refractivity contribution < 1.29 is 9.66 Å². The van der Waals surface area contributed by atoms with Gasteiger partial charge in [0.2, 0.25) is 11.6 Å². The number of nitro groups is 1. The zero-order valence-electron chi connectivity index (χ0n) is 16.3. The van der Waals surface area contributed by atoms with Gasteiger partial charge in [-0.05, 0) is 48.9 Å². The molecule has 0 atom stereocenters. The SMILES string of the molecule is COc1ccc(C)cc1Nc1ncnc(Nc2cccc3ncccc23)c1[N+](=O)[O-]. The Kier molecular flexibility index (Phi) is 5.08. The molecule has 4 rings (SSSR count). The Balaban J connectivity index is 1.77. The molecule has 0 fully saturated rings. The van der Waals surface area contributed by atoms with E-state index in [9.17, 15) is 10.1 Å². The molecule has 0 radical (unpaired) electrons. The summed E-state index contributed by atoms with van der Waals surface area (Å²) in [4.78, 5) is 23.9. The van der Waals surface area contributed by atoms with Gasteiger partial charge in [-0.1, -0.05) is 12.1 Å². The number of nitrogens with one attached hydrogen (secondary N) is 2. The summed E-state index contributed by atoms with van der Waals surface area (Å²) in [6.45, 7) is 1.92. The van der Waals surface area contributed by atoms with Crippen LogP contribution in [0, 0.1) is 17.0 Å². The molecule has 0 aliphatic carbocycles. The highest BCUT2D eigenvalue weighted by atomic mass is 16.6. The number of aryl methyl sites for hydroxylation is 1. The van der Waals surface area contributed by atoms with E-state index >= 15 is 0 Å². The minimum absolute atomic E-state index is 0.0553. The lowest BCUT2D eigenvalue weighted by Crippen LogP contribution is -2.06. The first-order valence-electron chi connectivity index (χ1n) is 9.08. The zero-order valence-corrected chi connectivity index (χ0v) is 16.3. The molecule has 2 heterocycles. The molecule has 2 aromatic carbocycles. The fourth-order valence-corrected chi connectivity index (χ4v) is 3.12. The number of methoxy groups -OCH3 is 1. The van der Waals surface area contributed by atoms with Crippen LogP contribution in [0.2, 0.25) is 0 Å². The number of pyridine rings is 1. The molecule has 4 aromatic rings. The fourth-order valence-electron chi connectivity index (χ4n) is 3.12. The standard InChI is InChI=1S/C21H18N6O3/c1-13-8-9-18(30-2)17(11-13)26-21-19(27(28)29)20(23-12-24-21)25-16-7-3-6-15-14(16)5-4-10-22-15/h3-12H,1-2H3,(H2,23,24,25,26). The van der Waals surface area contributed by atoms with Crippen LogP contribution in [0.4, 0.5) is 28.7 Å². The maximum atomic E-state index is 11.9. The van der Waals surface area contributed by atoms with Crippen LogP contribution < -0.4 is 15.4 Å². The Bertz CT molecular complexity index is 1240. The molecule has 150 valence electrons. The fraction of sp³-hybridized carbons (Fsp3) is 0.0952. The summed E-state index contributed by atoms with van der Waals surface area (Å²) < 4.78 is 5.35. The third-order valence-corrected chi connectivity index (χ3v) is 4.51. The first kappa shape index (κ1) is 19.1. The van der Waals surface area contributed by atoms with Crippen LogP contribution in [0.5, 0.6) is 5.75 Å². The molecular formula is C21H18N6O3. The van der Waals surface area contributed by atoms with Gasteiger partial charge in [0.25, 0.3) is 0 Å². The monoisotopic (exact) mass is 402 g/mol. The molecule has 2 N–H and O–H groups in total. The third kappa shape index (κ3) is 3.68. The molecule has 0 aliphatic rings. The molecule has 0 spiro atoms. The number of benzene rings is 2. The van der Waals surface area contributed by atoms with E-state index in [1.165, 1.54) is 13.4 Å². The van der Waals surface area contributed by atoms with Crippen molar-refractivity contribution >= 4 is 39.6 Å². The zero-order chi connectivity index (χ0) is 21.1. The molecule has 0 bridgehead atoms. The Morgan fingerprint density at radius 2 is 1.73 bits per heavy atom. The number of ether oxygens (including phenoxy) is 1. The number of rotatable bonds is 6. The number of aromatic nitrogens is 3. The van der Waals surface area contributed by atoms with E-state index in [-0.39, 0.29) is 17.3 Å². The summed E-state index contributed by atoms with van der Waals surface area (Å²) in [6, 6.07) is 14.7. The van der Waals surface area contributed by atoms with E-state index in [2.05, 4.69) is 25.6 Å². The van der Waals surface area contributed by atoms with Crippen molar-refractivity contribution in [2.24, 2.45) is 0 Å².